The molecule has 0 atom stereocenters. The molecule has 3 aromatic rings. The predicted octanol–water partition coefficient (Wildman–Crippen LogP) is 5.29. The van der Waals surface area contributed by atoms with E-state index in [1.54, 1.807) is 6.20 Å². The molecule has 212 valence electrons. The zero-order valence-electron chi connectivity index (χ0n) is 24.2. The van der Waals surface area contributed by atoms with Gasteiger partial charge in [0.05, 0.1) is 24.3 Å². The first-order valence-electron chi connectivity index (χ1n) is 14.0. The molecule has 8 heteroatoms. The van der Waals surface area contributed by atoms with E-state index in [1.807, 2.05) is 39.0 Å². The number of hydrogen-bond acceptors (Lipinski definition) is 7. The van der Waals surface area contributed by atoms with Crippen molar-refractivity contribution in [2.45, 2.75) is 58.7 Å². The van der Waals surface area contributed by atoms with Gasteiger partial charge in [0, 0.05) is 31.2 Å². The number of rotatable bonds is 9. The first-order valence-corrected chi connectivity index (χ1v) is 14.0. The molecule has 5 rings (SSSR count). The summed E-state index contributed by atoms with van der Waals surface area (Å²) >= 11 is 0. The largest absolute Gasteiger partial charge is 0.487 e. The van der Waals surface area contributed by atoms with Crippen molar-refractivity contribution in [2.24, 2.45) is 5.41 Å². The van der Waals surface area contributed by atoms with Gasteiger partial charge in [0.2, 0.25) is 5.95 Å². The summed E-state index contributed by atoms with van der Waals surface area (Å²) in [5.41, 5.74) is 4.11. The van der Waals surface area contributed by atoms with Gasteiger partial charge in [-0.1, -0.05) is 50.2 Å². The molecular weight excluding hydrogens is 504 g/mol. The minimum Gasteiger partial charge on any atom is -0.487 e. The summed E-state index contributed by atoms with van der Waals surface area (Å²) in [4.78, 5) is 23.2. The zero-order valence-corrected chi connectivity index (χ0v) is 24.2. The van der Waals surface area contributed by atoms with E-state index in [0.29, 0.717) is 18.6 Å². The molecule has 1 N–H and O–H groups in total. The Balaban J connectivity index is 1.12. The predicted molar refractivity (Wildman–Crippen MR) is 155 cm³/mol. The Kier molecular flexibility index (Phi) is 7.73. The van der Waals surface area contributed by atoms with Crippen LogP contribution in [0, 0.1) is 5.41 Å². The van der Waals surface area contributed by atoms with Gasteiger partial charge in [0.15, 0.2) is 0 Å². The molecule has 0 unspecified atom stereocenters. The molecule has 0 bridgehead atoms. The number of anilines is 1. The lowest BCUT2D eigenvalue weighted by Gasteiger charge is -2.54. The number of carbonyl (C=O) groups excluding carboxylic acids is 1. The molecule has 8 nitrogen and oxygen atoms in total. The van der Waals surface area contributed by atoms with Gasteiger partial charge in [0.1, 0.15) is 18.0 Å². The van der Waals surface area contributed by atoms with Gasteiger partial charge >= 0.3 is 6.09 Å². The maximum Gasteiger partial charge on any atom is 0.407 e. The molecule has 1 spiro atoms. The molecule has 0 aliphatic carbocycles. The van der Waals surface area contributed by atoms with E-state index in [9.17, 15) is 4.79 Å². The van der Waals surface area contributed by atoms with Crippen molar-refractivity contribution in [3.63, 3.8) is 0 Å². The average molecular weight is 545 g/mol. The Morgan fingerprint density at radius 1 is 0.975 bits per heavy atom. The minimum absolute atomic E-state index is 0.173. The van der Waals surface area contributed by atoms with Crippen molar-refractivity contribution >= 4 is 12.0 Å². The van der Waals surface area contributed by atoms with Gasteiger partial charge in [-0.2, -0.15) is 0 Å². The van der Waals surface area contributed by atoms with E-state index in [2.05, 4.69) is 65.4 Å². The van der Waals surface area contributed by atoms with Crippen LogP contribution in [0.3, 0.4) is 0 Å². The number of hydrogen-bond donors (Lipinski definition) is 1. The van der Waals surface area contributed by atoms with Crippen molar-refractivity contribution in [2.75, 3.05) is 37.7 Å². The van der Waals surface area contributed by atoms with Crippen molar-refractivity contribution in [3.05, 3.63) is 83.2 Å². The first kappa shape index (κ1) is 27.9. The molecule has 2 fully saturated rings. The molecule has 40 heavy (non-hydrogen) atoms. The van der Waals surface area contributed by atoms with Crippen LogP contribution in [0.15, 0.2) is 60.8 Å². The summed E-state index contributed by atoms with van der Waals surface area (Å²) < 4.78 is 16.7. The summed E-state index contributed by atoms with van der Waals surface area (Å²) in [7, 11) is 0. The fourth-order valence-electron chi connectivity index (χ4n) is 5.10. The molecule has 2 aromatic carbocycles. The molecule has 1 aromatic heterocycles. The smallest absolute Gasteiger partial charge is 0.407 e. The lowest BCUT2D eigenvalue weighted by Crippen LogP contribution is -2.66. The number of benzene rings is 2. The molecule has 0 saturated carbocycles. The van der Waals surface area contributed by atoms with Gasteiger partial charge in [-0.25, -0.2) is 14.8 Å². The number of aromatic nitrogens is 2. The molecule has 3 heterocycles. The van der Waals surface area contributed by atoms with Gasteiger partial charge in [-0.15, -0.1) is 0 Å². The molecular formula is C32H40N4O4. The normalized spacial score (nSPS) is 16.2. The average Bonchev–Trinajstić information content (AvgIpc) is 2.86. The standard InChI is InChI=1S/C32H40N4O4/c1-30(2,3)40-29(37)34-16-14-23-6-8-24(9-7-23)31(4,5)25-10-12-27(13-11-25)39-18-26-15-17-33-28(35-26)36-19-32(20-36)21-38-22-32/h6-13,15,17H,14,16,18-22H2,1-5H3,(H,34,37). The maximum atomic E-state index is 11.9. The molecule has 0 radical (unpaired) electrons. The Morgan fingerprint density at radius 3 is 2.23 bits per heavy atom. The number of carbonyl (C=O) groups is 1. The van der Waals surface area contributed by atoms with Crippen molar-refractivity contribution in [3.8, 4) is 5.75 Å². The Labute approximate surface area is 237 Å². The van der Waals surface area contributed by atoms with Crippen LogP contribution in [-0.4, -0.2) is 54.5 Å². The molecule has 2 aliphatic heterocycles. The molecule has 2 aliphatic rings. The Hall–Kier alpha value is -3.65. The number of nitrogens with zero attached hydrogens (tertiary/aromatic N) is 3. The number of alkyl carbamates (subject to hydrolysis) is 1. The van der Waals surface area contributed by atoms with Gasteiger partial charge < -0.3 is 24.4 Å². The summed E-state index contributed by atoms with van der Waals surface area (Å²) in [5.74, 6) is 1.57. The second-order valence-corrected chi connectivity index (χ2v) is 12.5. The van der Waals surface area contributed by atoms with Crippen molar-refractivity contribution in [1.29, 1.82) is 0 Å². The summed E-state index contributed by atoms with van der Waals surface area (Å²) in [5, 5.41) is 2.82. The monoisotopic (exact) mass is 544 g/mol. The first-order chi connectivity index (χ1) is 19.0. The third-order valence-corrected chi connectivity index (χ3v) is 7.57. The SMILES string of the molecule is CC(C)(C)OC(=O)NCCc1ccc(C(C)(C)c2ccc(OCc3ccnc(N4CC5(COC5)C4)n3)cc2)cc1. The topological polar surface area (TPSA) is 85.8 Å². The van der Waals surface area contributed by atoms with Gasteiger partial charge in [-0.3, -0.25) is 0 Å². The lowest BCUT2D eigenvalue weighted by molar-refractivity contribution is -0.127. The maximum absolute atomic E-state index is 11.9. The van der Waals surface area contributed by atoms with E-state index in [1.165, 1.54) is 11.1 Å². The molecule has 2 saturated heterocycles. The van der Waals surface area contributed by atoms with Crippen LogP contribution in [0.5, 0.6) is 5.75 Å². The summed E-state index contributed by atoms with van der Waals surface area (Å²) in [6.45, 7) is 14.6. The highest BCUT2D eigenvalue weighted by atomic mass is 16.6. The Morgan fingerprint density at radius 2 is 1.62 bits per heavy atom. The molecule has 1 amide bonds. The van der Waals surface area contributed by atoms with Crippen LogP contribution in [0.1, 0.15) is 57.0 Å². The number of nitrogens with one attached hydrogen (secondary N) is 1. The zero-order chi connectivity index (χ0) is 28.4. The summed E-state index contributed by atoms with van der Waals surface area (Å²) in [6.07, 6.45) is 2.16. The third kappa shape index (κ3) is 6.55. The van der Waals surface area contributed by atoms with E-state index in [4.69, 9.17) is 19.2 Å². The van der Waals surface area contributed by atoms with Crippen LogP contribution in [-0.2, 0) is 27.9 Å². The number of ether oxygens (including phenoxy) is 3. The summed E-state index contributed by atoms with van der Waals surface area (Å²) in [6, 6.07) is 18.8. The van der Waals surface area contributed by atoms with E-state index >= 15 is 0 Å². The second-order valence-electron chi connectivity index (χ2n) is 12.5. The van der Waals surface area contributed by atoms with E-state index < -0.39 is 5.60 Å². The van der Waals surface area contributed by atoms with Crippen LogP contribution in [0.2, 0.25) is 0 Å². The highest BCUT2D eigenvalue weighted by molar-refractivity contribution is 5.67. The number of amides is 1. The van der Waals surface area contributed by atoms with E-state index in [-0.39, 0.29) is 11.5 Å². The van der Waals surface area contributed by atoms with E-state index in [0.717, 1.165) is 55.7 Å². The Bertz CT molecular complexity index is 1300. The van der Waals surface area contributed by atoms with Crippen molar-refractivity contribution in [1.82, 2.24) is 15.3 Å². The third-order valence-electron chi connectivity index (χ3n) is 7.57. The lowest BCUT2D eigenvalue weighted by atomic mass is 9.78. The van der Waals surface area contributed by atoms with Crippen LogP contribution >= 0.6 is 0 Å². The highest BCUT2D eigenvalue weighted by Gasteiger charge is 2.49. The quantitative estimate of drug-likeness (QED) is 0.392. The highest BCUT2D eigenvalue weighted by Crippen LogP contribution is 2.39. The van der Waals surface area contributed by atoms with Gasteiger partial charge in [-0.05, 0) is 62.1 Å². The van der Waals surface area contributed by atoms with Crippen LogP contribution < -0.4 is 15.0 Å². The van der Waals surface area contributed by atoms with Crippen LogP contribution in [0.25, 0.3) is 0 Å². The van der Waals surface area contributed by atoms with Gasteiger partial charge in [0.25, 0.3) is 0 Å². The van der Waals surface area contributed by atoms with Crippen molar-refractivity contribution < 1.29 is 19.0 Å². The fraction of sp³-hybridized carbons (Fsp3) is 0.469. The second kappa shape index (κ2) is 11.1. The minimum atomic E-state index is -0.494. The fourth-order valence-corrected chi connectivity index (χ4v) is 5.10. The van der Waals surface area contributed by atoms with Crippen LogP contribution in [0.4, 0.5) is 10.7 Å².